The van der Waals surface area contributed by atoms with Gasteiger partial charge in [-0.1, -0.05) is 48.5 Å². The van der Waals surface area contributed by atoms with Crippen molar-refractivity contribution in [1.82, 2.24) is 4.98 Å². The summed E-state index contributed by atoms with van der Waals surface area (Å²) in [6.45, 7) is 0. The lowest BCUT2D eigenvalue weighted by Crippen LogP contribution is -1.75. The second kappa shape index (κ2) is 3.50. The van der Waals surface area contributed by atoms with E-state index in [1.165, 1.54) is 0 Å². The molecule has 0 aliphatic heterocycles. The molecule has 18 heavy (non-hydrogen) atoms. The molecule has 0 bridgehead atoms. The monoisotopic (exact) mass is 232 g/mol. The number of fused-ring (bicyclic) bond motifs is 2. The van der Waals surface area contributed by atoms with Gasteiger partial charge in [-0.2, -0.15) is 0 Å². The van der Waals surface area contributed by atoms with Crippen molar-refractivity contribution < 1.29 is 4.42 Å². The third-order valence-corrected chi connectivity index (χ3v) is 3.25. The van der Waals surface area contributed by atoms with Crippen LogP contribution in [-0.2, 0) is 0 Å². The molecule has 2 nitrogen and oxygen atoms in total. The Morgan fingerprint density at radius 2 is 1.67 bits per heavy atom. The van der Waals surface area contributed by atoms with Crippen molar-refractivity contribution in [2.75, 3.05) is 0 Å². The van der Waals surface area contributed by atoms with Crippen LogP contribution in [0.15, 0.2) is 59.2 Å². The first-order valence-corrected chi connectivity index (χ1v) is 5.88. The number of benzene rings is 2. The van der Waals surface area contributed by atoms with Crippen LogP contribution in [0.3, 0.4) is 0 Å². The van der Waals surface area contributed by atoms with Crippen molar-refractivity contribution in [1.29, 1.82) is 0 Å². The van der Waals surface area contributed by atoms with Gasteiger partial charge < -0.3 is 9.40 Å². The zero-order valence-electron chi connectivity index (χ0n) is 9.60. The molecule has 1 N–H and O–H groups in total. The lowest BCUT2D eigenvalue weighted by Gasteiger charge is -1.96. The Morgan fingerprint density at radius 1 is 0.889 bits per heavy atom. The summed E-state index contributed by atoms with van der Waals surface area (Å²) in [5.74, 6) is 0.878. The van der Waals surface area contributed by atoms with Gasteiger partial charge in [0, 0.05) is 21.5 Å². The number of hydrogen-bond donors (Lipinski definition) is 1. The van der Waals surface area contributed by atoms with Crippen LogP contribution in [0, 0.1) is 6.20 Å². The van der Waals surface area contributed by atoms with Gasteiger partial charge in [-0.25, -0.2) is 0 Å². The van der Waals surface area contributed by atoms with Crippen molar-refractivity contribution >= 4 is 21.5 Å². The first-order chi connectivity index (χ1) is 8.93. The highest BCUT2D eigenvalue weighted by Crippen LogP contribution is 2.33. The van der Waals surface area contributed by atoms with E-state index in [1.54, 1.807) is 6.26 Å². The average Bonchev–Trinajstić information content (AvgIpc) is 3.01. The van der Waals surface area contributed by atoms with E-state index in [0.29, 0.717) is 0 Å². The van der Waals surface area contributed by atoms with Gasteiger partial charge in [0.05, 0.1) is 18.2 Å². The molecule has 0 unspecified atom stereocenters. The van der Waals surface area contributed by atoms with Crippen LogP contribution in [0.4, 0.5) is 0 Å². The van der Waals surface area contributed by atoms with Crippen LogP contribution in [-0.4, -0.2) is 4.98 Å². The maximum atomic E-state index is 5.72. The molecule has 2 heterocycles. The SMILES string of the molecule is [c]1[nH]c(-c2occ3ccccc23)c2ccccc12. The van der Waals surface area contributed by atoms with Crippen LogP contribution in [0.1, 0.15) is 0 Å². The number of furan rings is 1. The fraction of sp³-hybridized carbons (Fsp3) is 0. The summed E-state index contributed by atoms with van der Waals surface area (Å²) in [5, 5.41) is 4.45. The van der Waals surface area contributed by atoms with E-state index in [2.05, 4.69) is 29.4 Å². The van der Waals surface area contributed by atoms with Crippen molar-refractivity contribution in [3.63, 3.8) is 0 Å². The van der Waals surface area contributed by atoms with Crippen LogP contribution >= 0.6 is 0 Å². The predicted octanol–water partition coefficient (Wildman–Crippen LogP) is 4.38. The average molecular weight is 232 g/mol. The molecule has 0 fully saturated rings. The van der Waals surface area contributed by atoms with E-state index in [0.717, 1.165) is 33.0 Å². The number of hydrogen-bond acceptors (Lipinski definition) is 1. The largest absolute Gasteiger partial charge is 0.461 e. The maximum Gasteiger partial charge on any atom is 0.158 e. The highest BCUT2D eigenvalue weighted by atomic mass is 16.3. The molecule has 85 valence electrons. The second-order valence-corrected chi connectivity index (χ2v) is 4.32. The minimum Gasteiger partial charge on any atom is -0.461 e. The fourth-order valence-electron chi connectivity index (χ4n) is 2.37. The van der Waals surface area contributed by atoms with Gasteiger partial charge in [0.2, 0.25) is 0 Å². The standard InChI is InChI=1S/C16H10NO/c1-3-7-13-11(5-1)9-17-15(13)16-14-8-4-2-6-12(14)10-18-16/h1-8,10,17H. The molecule has 0 saturated heterocycles. The highest BCUT2D eigenvalue weighted by Gasteiger charge is 2.12. The lowest BCUT2D eigenvalue weighted by atomic mass is 10.1. The molecular weight excluding hydrogens is 222 g/mol. The van der Waals surface area contributed by atoms with Crippen molar-refractivity contribution in [2.24, 2.45) is 0 Å². The number of aromatic amines is 1. The van der Waals surface area contributed by atoms with E-state index >= 15 is 0 Å². The molecule has 2 heteroatoms. The van der Waals surface area contributed by atoms with Gasteiger partial charge in [-0.05, 0) is 0 Å². The molecule has 2 aromatic heterocycles. The molecule has 1 radical (unpaired) electrons. The number of rotatable bonds is 1. The number of H-pyrrole nitrogens is 1. The van der Waals surface area contributed by atoms with Gasteiger partial charge >= 0.3 is 0 Å². The van der Waals surface area contributed by atoms with Gasteiger partial charge in [-0.3, -0.25) is 0 Å². The second-order valence-electron chi connectivity index (χ2n) is 4.32. The summed E-state index contributed by atoms with van der Waals surface area (Å²) in [6.07, 6.45) is 4.95. The first kappa shape index (κ1) is 9.54. The Hall–Kier alpha value is -2.48. The Labute approximate surface area is 104 Å². The minimum absolute atomic E-state index is 0.878. The zero-order chi connectivity index (χ0) is 11.9. The van der Waals surface area contributed by atoms with Crippen molar-refractivity contribution in [3.05, 3.63) is 61.0 Å². The Morgan fingerprint density at radius 3 is 2.61 bits per heavy atom. The normalized spacial score (nSPS) is 11.3. The summed E-state index contributed by atoms with van der Waals surface area (Å²) in [4.78, 5) is 3.19. The van der Waals surface area contributed by atoms with Gasteiger partial charge in [0.25, 0.3) is 0 Å². The molecule has 0 aliphatic rings. The molecular formula is C16H10NO. The molecule has 0 atom stereocenters. The number of nitrogens with one attached hydrogen (secondary N) is 1. The topological polar surface area (TPSA) is 28.9 Å². The lowest BCUT2D eigenvalue weighted by molar-refractivity contribution is 0.586. The Balaban J connectivity index is 2.08. The molecule has 0 spiro atoms. The van der Waals surface area contributed by atoms with E-state index in [-0.39, 0.29) is 0 Å². The Bertz CT molecular complexity index is 766. The summed E-state index contributed by atoms with van der Waals surface area (Å²) in [6, 6.07) is 16.3. The maximum absolute atomic E-state index is 5.72. The van der Waals surface area contributed by atoms with Crippen molar-refractivity contribution in [3.8, 4) is 11.5 Å². The third kappa shape index (κ3) is 1.23. The molecule has 0 amide bonds. The molecule has 0 saturated carbocycles. The summed E-state index contributed by atoms with van der Waals surface area (Å²) < 4.78 is 5.72. The van der Waals surface area contributed by atoms with E-state index in [9.17, 15) is 0 Å². The van der Waals surface area contributed by atoms with Crippen molar-refractivity contribution in [2.45, 2.75) is 0 Å². The first-order valence-electron chi connectivity index (χ1n) is 5.88. The molecule has 4 aromatic rings. The van der Waals surface area contributed by atoms with E-state index in [4.69, 9.17) is 4.42 Å². The molecule has 0 aliphatic carbocycles. The van der Waals surface area contributed by atoms with Crippen LogP contribution in [0.5, 0.6) is 0 Å². The van der Waals surface area contributed by atoms with E-state index in [1.807, 2.05) is 30.3 Å². The molecule has 4 rings (SSSR count). The fourth-order valence-corrected chi connectivity index (χ4v) is 2.37. The summed E-state index contributed by atoms with van der Waals surface area (Å²) in [5.41, 5.74) is 0.992. The zero-order valence-corrected chi connectivity index (χ0v) is 9.60. The summed E-state index contributed by atoms with van der Waals surface area (Å²) in [7, 11) is 0. The van der Waals surface area contributed by atoms with Gasteiger partial charge in [0.15, 0.2) is 5.76 Å². The smallest absolute Gasteiger partial charge is 0.158 e. The summed E-state index contributed by atoms with van der Waals surface area (Å²) >= 11 is 0. The third-order valence-electron chi connectivity index (χ3n) is 3.25. The van der Waals surface area contributed by atoms with E-state index < -0.39 is 0 Å². The predicted molar refractivity (Wildman–Crippen MR) is 72.3 cm³/mol. The molecule has 2 aromatic carbocycles. The van der Waals surface area contributed by atoms with Gasteiger partial charge in [-0.15, -0.1) is 0 Å². The Kier molecular flexibility index (Phi) is 1.86. The quantitative estimate of drug-likeness (QED) is 0.518. The minimum atomic E-state index is 0.878. The van der Waals surface area contributed by atoms with Crippen LogP contribution in [0.25, 0.3) is 33.0 Å². The highest BCUT2D eigenvalue weighted by molar-refractivity contribution is 6.02. The van der Waals surface area contributed by atoms with Gasteiger partial charge in [0.1, 0.15) is 0 Å². The van der Waals surface area contributed by atoms with Crippen LogP contribution < -0.4 is 0 Å². The van der Waals surface area contributed by atoms with Crippen LogP contribution in [0.2, 0.25) is 0 Å². The number of aromatic nitrogens is 1.